The number of para-hydroxylation sites is 1. The summed E-state index contributed by atoms with van der Waals surface area (Å²) in [7, 11) is 1.68. The lowest BCUT2D eigenvalue weighted by atomic mass is 10.0. The Labute approximate surface area is 157 Å². The Hall–Kier alpha value is -2.40. The topological polar surface area (TPSA) is 42.4 Å². The molecule has 4 rings (SSSR count). The number of rotatable bonds is 5. The van der Waals surface area contributed by atoms with E-state index in [1.807, 2.05) is 41.3 Å². The lowest BCUT2D eigenvalue weighted by Gasteiger charge is -2.25. The van der Waals surface area contributed by atoms with Gasteiger partial charge in [-0.3, -0.25) is 4.79 Å². The van der Waals surface area contributed by atoms with Gasteiger partial charge in [-0.05, 0) is 42.7 Å². The van der Waals surface area contributed by atoms with Crippen molar-refractivity contribution in [2.45, 2.75) is 31.7 Å². The summed E-state index contributed by atoms with van der Waals surface area (Å²) in [6.07, 6.45) is 3.29. The highest BCUT2D eigenvalue weighted by molar-refractivity contribution is 7.18. The number of nitrogens with zero attached hydrogens (tertiary/aromatic N) is 2. The van der Waals surface area contributed by atoms with E-state index in [2.05, 4.69) is 17.1 Å². The van der Waals surface area contributed by atoms with E-state index in [9.17, 15) is 4.79 Å². The van der Waals surface area contributed by atoms with Crippen molar-refractivity contribution in [1.82, 2.24) is 9.88 Å². The van der Waals surface area contributed by atoms with E-state index >= 15 is 0 Å². The SMILES string of the molecule is COc1cccc(C2CCCN2C(=O)CCc2nc3ccccc3s2)c1. The fourth-order valence-corrected chi connectivity index (χ4v) is 4.61. The molecule has 134 valence electrons. The van der Waals surface area contributed by atoms with Crippen molar-refractivity contribution >= 4 is 27.5 Å². The Balaban J connectivity index is 1.44. The molecule has 2 heterocycles. The van der Waals surface area contributed by atoms with Crippen LogP contribution in [0.2, 0.25) is 0 Å². The summed E-state index contributed by atoms with van der Waals surface area (Å²) in [6.45, 7) is 0.834. The normalized spacial score (nSPS) is 17.0. The van der Waals surface area contributed by atoms with Gasteiger partial charge in [-0.15, -0.1) is 11.3 Å². The molecule has 1 unspecified atom stereocenters. The minimum atomic E-state index is 0.160. The zero-order chi connectivity index (χ0) is 17.9. The van der Waals surface area contributed by atoms with Crippen LogP contribution in [0, 0.1) is 0 Å². The second-order valence-electron chi connectivity index (χ2n) is 6.60. The fourth-order valence-electron chi connectivity index (χ4n) is 3.64. The number of likely N-dealkylation sites (tertiary alicyclic amines) is 1. The van der Waals surface area contributed by atoms with Crippen LogP contribution in [0.4, 0.5) is 0 Å². The fraction of sp³-hybridized carbons (Fsp3) is 0.333. The number of hydrogen-bond acceptors (Lipinski definition) is 4. The third kappa shape index (κ3) is 3.44. The van der Waals surface area contributed by atoms with E-state index in [0.717, 1.165) is 41.2 Å². The Morgan fingerprint density at radius 1 is 1.27 bits per heavy atom. The molecule has 0 saturated carbocycles. The highest BCUT2D eigenvalue weighted by Crippen LogP contribution is 2.34. The molecule has 4 nitrogen and oxygen atoms in total. The van der Waals surface area contributed by atoms with Crippen LogP contribution >= 0.6 is 11.3 Å². The largest absolute Gasteiger partial charge is 0.497 e. The second kappa shape index (κ2) is 7.46. The van der Waals surface area contributed by atoms with Crippen molar-refractivity contribution in [2.24, 2.45) is 0 Å². The van der Waals surface area contributed by atoms with Gasteiger partial charge in [0.05, 0.1) is 28.4 Å². The predicted octanol–water partition coefficient (Wildman–Crippen LogP) is 4.60. The maximum Gasteiger partial charge on any atom is 0.223 e. The third-order valence-electron chi connectivity index (χ3n) is 4.94. The van der Waals surface area contributed by atoms with Gasteiger partial charge in [-0.1, -0.05) is 24.3 Å². The lowest BCUT2D eigenvalue weighted by molar-refractivity contribution is -0.132. The number of methoxy groups -OCH3 is 1. The van der Waals surface area contributed by atoms with Crippen LogP contribution < -0.4 is 4.74 Å². The van der Waals surface area contributed by atoms with Crippen LogP contribution in [0.5, 0.6) is 5.75 Å². The Morgan fingerprint density at radius 2 is 2.15 bits per heavy atom. The Bertz CT molecular complexity index is 888. The summed E-state index contributed by atoms with van der Waals surface area (Å²) in [4.78, 5) is 19.5. The molecule has 0 radical (unpaired) electrons. The number of carbonyl (C=O) groups is 1. The molecule has 1 aliphatic heterocycles. The number of amides is 1. The van der Waals surface area contributed by atoms with E-state index in [1.54, 1.807) is 18.4 Å². The van der Waals surface area contributed by atoms with Crippen molar-refractivity contribution in [3.63, 3.8) is 0 Å². The smallest absolute Gasteiger partial charge is 0.223 e. The molecule has 3 aromatic rings. The molecule has 1 aromatic heterocycles. The number of ether oxygens (including phenoxy) is 1. The zero-order valence-electron chi connectivity index (χ0n) is 14.9. The van der Waals surface area contributed by atoms with Crippen LogP contribution in [0.25, 0.3) is 10.2 Å². The summed E-state index contributed by atoms with van der Waals surface area (Å²) in [6, 6.07) is 16.4. The number of carbonyl (C=O) groups excluding carboxylic acids is 1. The van der Waals surface area contributed by atoms with Gasteiger partial charge in [-0.2, -0.15) is 0 Å². The summed E-state index contributed by atoms with van der Waals surface area (Å²) in [5, 5.41) is 1.04. The van der Waals surface area contributed by atoms with E-state index in [-0.39, 0.29) is 11.9 Å². The molecule has 26 heavy (non-hydrogen) atoms. The molecule has 5 heteroatoms. The second-order valence-corrected chi connectivity index (χ2v) is 7.71. The Kier molecular flexibility index (Phi) is 4.89. The van der Waals surface area contributed by atoms with E-state index in [0.29, 0.717) is 12.8 Å². The molecule has 0 spiro atoms. The van der Waals surface area contributed by atoms with Gasteiger partial charge in [0.25, 0.3) is 0 Å². The maximum absolute atomic E-state index is 12.8. The lowest BCUT2D eigenvalue weighted by Crippen LogP contribution is -2.30. The van der Waals surface area contributed by atoms with Gasteiger partial charge in [-0.25, -0.2) is 4.98 Å². The van der Waals surface area contributed by atoms with Crippen molar-refractivity contribution in [2.75, 3.05) is 13.7 Å². The third-order valence-corrected chi connectivity index (χ3v) is 6.04. The first-order valence-corrected chi connectivity index (χ1v) is 9.84. The van der Waals surface area contributed by atoms with Gasteiger partial charge in [0.1, 0.15) is 5.75 Å². The molecule has 1 atom stereocenters. The van der Waals surface area contributed by atoms with Crippen molar-refractivity contribution < 1.29 is 9.53 Å². The minimum absolute atomic E-state index is 0.160. The molecule has 1 aliphatic rings. The van der Waals surface area contributed by atoms with E-state index in [1.165, 1.54) is 4.70 Å². The monoisotopic (exact) mass is 366 g/mol. The van der Waals surface area contributed by atoms with Gasteiger partial charge in [0, 0.05) is 19.4 Å². The number of fused-ring (bicyclic) bond motifs is 1. The molecular weight excluding hydrogens is 344 g/mol. The number of thiazole rings is 1. The molecular formula is C21H22N2O2S. The first-order valence-electron chi connectivity index (χ1n) is 9.02. The minimum Gasteiger partial charge on any atom is -0.497 e. The van der Waals surface area contributed by atoms with Crippen LogP contribution in [-0.2, 0) is 11.2 Å². The maximum atomic E-state index is 12.8. The molecule has 2 aromatic carbocycles. The first-order chi connectivity index (χ1) is 12.7. The van der Waals surface area contributed by atoms with Gasteiger partial charge >= 0.3 is 0 Å². The number of hydrogen-bond donors (Lipinski definition) is 0. The van der Waals surface area contributed by atoms with Gasteiger partial charge < -0.3 is 9.64 Å². The first kappa shape index (κ1) is 17.0. The van der Waals surface area contributed by atoms with Crippen LogP contribution in [0.3, 0.4) is 0 Å². The number of aryl methyl sites for hydroxylation is 1. The quantitative estimate of drug-likeness (QED) is 0.663. The summed E-state index contributed by atoms with van der Waals surface area (Å²) >= 11 is 1.69. The highest BCUT2D eigenvalue weighted by Gasteiger charge is 2.29. The summed E-state index contributed by atoms with van der Waals surface area (Å²) in [5.41, 5.74) is 2.19. The average molecular weight is 366 g/mol. The van der Waals surface area contributed by atoms with Gasteiger partial charge in [0.2, 0.25) is 5.91 Å². The highest BCUT2D eigenvalue weighted by atomic mass is 32.1. The van der Waals surface area contributed by atoms with Gasteiger partial charge in [0.15, 0.2) is 0 Å². The summed E-state index contributed by atoms with van der Waals surface area (Å²) in [5.74, 6) is 1.06. The molecule has 1 fully saturated rings. The predicted molar refractivity (Wildman–Crippen MR) is 105 cm³/mol. The van der Waals surface area contributed by atoms with Crippen molar-refractivity contribution in [3.8, 4) is 5.75 Å². The number of aromatic nitrogens is 1. The van der Waals surface area contributed by atoms with E-state index < -0.39 is 0 Å². The zero-order valence-corrected chi connectivity index (χ0v) is 15.7. The molecule has 1 amide bonds. The van der Waals surface area contributed by atoms with E-state index in [4.69, 9.17) is 4.74 Å². The molecule has 0 aliphatic carbocycles. The van der Waals surface area contributed by atoms with Crippen LogP contribution in [-0.4, -0.2) is 29.4 Å². The molecule has 0 N–H and O–H groups in total. The Morgan fingerprint density at radius 3 is 3.00 bits per heavy atom. The molecule has 0 bridgehead atoms. The standard InChI is InChI=1S/C21H22N2O2S/c1-25-16-7-4-6-15(14-16)18-9-5-13-23(18)21(24)12-11-20-22-17-8-2-3-10-19(17)26-20/h2-4,6-8,10,14,18H,5,9,11-13H2,1H3. The number of benzene rings is 2. The average Bonchev–Trinajstić information content (AvgIpc) is 3.32. The van der Waals surface area contributed by atoms with Crippen molar-refractivity contribution in [3.05, 3.63) is 59.1 Å². The summed E-state index contributed by atoms with van der Waals surface area (Å²) < 4.78 is 6.52. The molecule has 1 saturated heterocycles. The van der Waals surface area contributed by atoms with Crippen LogP contribution in [0.1, 0.15) is 35.9 Å². The van der Waals surface area contributed by atoms with Crippen LogP contribution in [0.15, 0.2) is 48.5 Å². The van der Waals surface area contributed by atoms with Crippen molar-refractivity contribution in [1.29, 1.82) is 0 Å².